The van der Waals surface area contributed by atoms with Crippen LogP contribution in [-0.4, -0.2) is 18.4 Å². The van der Waals surface area contributed by atoms with Crippen molar-refractivity contribution < 1.29 is 14.3 Å². The molecule has 5 nitrogen and oxygen atoms in total. The number of nitrogens with zero attached hydrogens (tertiary/aromatic N) is 1. The summed E-state index contributed by atoms with van der Waals surface area (Å²) in [6.45, 7) is 4.23. The van der Waals surface area contributed by atoms with E-state index in [1.54, 1.807) is 53.4 Å². The van der Waals surface area contributed by atoms with Crippen LogP contribution in [0.2, 0.25) is 5.02 Å². The zero-order valence-corrected chi connectivity index (χ0v) is 16.8. The second kappa shape index (κ2) is 7.60. The van der Waals surface area contributed by atoms with Crippen molar-refractivity contribution >= 4 is 34.8 Å². The topological polar surface area (TPSA) is 58.6 Å². The van der Waals surface area contributed by atoms with Gasteiger partial charge in [0.25, 0.3) is 11.8 Å². The normalized spacial score (nSPS) is 12.5. The Morgan fingerprint density at radius 2 is 1.86 bits per heavy atom. The highest BCUT2D eigenvalue weighted by Crippen LogP contribution is 2.39. The summed E-state index contributed by atoms with van der Waals surface area (Å²) in [5, 5.41) is 3.42. The second-order valence-electron chi connectivity index (χ2n) is 6.75. The first-order valence-electron chi connectivity index (χ1n) is 9.28. The summed E-state index contributed by atoms with van der Waals surface area (Å²) in [6, 6.07) is 17.5. The number of hydrogen-bond acceptors (Lipinski definition) is 3. The molecule has 2 amide bonds. The van der Waals surface area contributed by atoms with Gasteiger partial charge in [-0.3, -0.25) is 9.59 Å². The van der Waals surface area contributed by atoms with Crippen molar-refractivity contribution in [2.45, 2.75) is 13.8 Å². The lowest BCUT2D eigenvalue weighted by Crippen LogP contribution is -2.30. The molecule has 29 heavy (non-hydrogen) atoms. The molecule has 0 saturated heterocycles. The lowest BCUT2D eigenvalue weighted by Gasteiger charge is -2.20. The van der Waals surface area contributed by atoms with E-state index in [9.17, 15) is 9.59 Å². The zero-order chi connectivity index (χ0) is 20.5. The van der Waals surface area contributed by atoms with Gasteiger partial charge in [-0.15, -0.1) is 0 Å². The van der Waals surface area contributed by atoms with Crippen molar-refractivity contribution in [2.24, 2.45) is 0 Å². The van der Waals surface area contributed by atoms with Gasteiger partial charge < -0.3 is 15.0 Å². The number of para-hydroxylation sites is 1. The molecule has 1 aliphatic rings. The number of hydrogen-bond donors (Lipinski definition) is 1. The molecule has 0 fully saturated rings. The summed E-state index contributed by atoms with van der Waals surface area (Å²) in [5.74, 6) is 0.573. The van der Waals surface area contributed by atoms with E-state index in [1.165, 1.54) is 0 Å². The molecular weight excluding hydrogens is 388 g/mol. The summed E-state index contributed by atoms with van der Waals surface area (Å²) < 4.78 is 5.98. The number of nitrogens with one attached hydrogen (secondary N) is 1. The highest BCUT2D eigenvalue weighted by molar-refractivity contribution is 6.31. The first kappa shape index (κ1) is 19.0. The molecule has 3 aromatic carbocycles. The Kier molecular flexibility index (Phi) is 4.99. The highest BCUT2D eigenvalue weighted by Gasteiger charge is 2.27. The first-order valence-corrected chi connectivity index (χ1v) is 9.66. The van der Waals surface area contributed by atoms with Gasteiger partial charge >= 0.3 is 0 Å². The summed E-state index contributed by atoms with van der Waals surface area (Å²) in [7, 11) is 0. The number of rotatable bonds is 3. The third kappa shape index (κ3) is 3.57. The van der Waals surface area contributed by atoms with Crippen LogP contribution in [0.1, 0.15) is 33.2 Å². The van der Waals surface area contributed by atoms with Crippen molar-refractivity contribution in [3.05, 3.63) is 82.4 Å². The molecule has 1 aliphatic heterocycles. The number of ether oxygens (including phenoxy) is 1. The lowest BCUT2D eigenvalue weighted by atomic mass is 10.1. The molecule has 0 spiro atoms. The Morgan fingerprint density at radius 3 is 2.62 bits per heavy atom. The van der Waals surface area contributed by atoms with Crippen LogP contribution in [0.4, 0.5) is 11.4 Å². The molecule has 4 rings (SSSR count). The van der Waals surface area contributed by atoms with Crippen LogP contribution in [0.15, 0.2) is 60.7 Å². The molecule has 0 unspecified atom stereocenters. The number of carbonyl (C=O) groups is 2. The SMILES string of the molecule is CCN1C(=O)c2ccccc2Oc2ccc(C(=O)Nc3ccc(C)c(Cl)c3)cc21. The first-order chi connectivity index (χ1) is 14.0. The largest absolute Gasteiger partial charge is 0.454 e. The Morgan fingerprint density at radius 1 is 1.07 bits per heavy atom. The minimum absolute atomic E-state index is 0.162. The van der Waals surface area contributed by atoms with E-state index < -0.39 is 0 Å². The summed E-state index contributed by atoms with van der Waals surface area (Å²) in [6.07, 6.45) is 0. The Hall–Kier alpha value is -3.31. The van der Waals surface area contributed by atoms with Crippen molar-refractivity contribution in [1.29, 1.82) is 0 Å². The maximum Gasteiger partial charge on any atom is 0.262 e. The van der Waals surface area contributed by atoms with Crippen LogP contribution in [0.25, 0.3) is 0 Å². The number of aryl methyl sites for hydroxylation is 1. The quantitative estimate of drug-likeness (QED) is 0.609. The van der Waals surface area contributed by atoms with E-state index in [2.05, 4.69) is 5.32 Å². The third-order valence-electron chi connectivity index (χ3n) is 4.84. The predicted molar refractivity (Wildman–Crippen MR) is 114 cm³/mol. The number of halogens is 1. The van der Waals surface area contributed by atoms with E-state index in [0.29, 0.717) is 45.6 Å². The van der Waals surface area contributed by atoms with Crippen LogP contribution in [0.5, 0.6) is 11.5 Å². The molecule has 0 aliphatic carbocycles. The zero-order valence-electron chi connectivity index (χ0n) is 16.0. The average molecular weight is 407 g/mol. The van der Waals surface area contributed by atoms with Gasteiger partial charge in [0.2, 0.25) is 0 Å². The van der Waals surface area contributed by atoms with E-state index in [1.807, 2.05) is 26.0 Å². The van der Waals surface area contributed by atoms with Gasteiger partial charge in [0.1, 0.15) is 5.75 Å². The molecule has 0 atom stereocenters. The third-order valence-corrected chi connectivity index (χ3v) is 5.25. The van der Waals surface area contributed by atoms with Crippen molar-refractivity contribution in [3.8, 4) is 11.5 Å². The second-order valence-corrected chi connectivity index (χ2v) is 7.16. The maximum absolute atomic E-state index is 13.0. The van der Waals surface area contributed by atoms with Crippen LogP contribution in [-0.2, 0) is 0 Å². The minimum Gasteiger partial charge on any atom is -0.454 e. The van der Waals surface area contributed by atoms with Crippen LogP contribution in [0.3, 0.4) is 0 Å². The number of fused-ring (bicyclic) bond motifs is 2. The molecule has 6 heteroatoms. The Balaban J connectivity index is 1.69. The van der Waals surface area contributed by atoms with Gasteiger partial charge in [0.05, 0.1) is 11.3 Å². The van der Waals surface area contributed by atoms with E-state index >= 15 is 0 Å². The number of amides is 2. The fourth-order valence-corrected chi connectivity index (χ4v) is 3.43. The van der Waals surface area contributed by atoms with Gasteiger partial charge in [0, 0.05) is 22.8 Å². The van der Waals surface area contributed by atoms with E-state index in [4.69, 9.17) is 16.3 Å². The molecular formula is C23H19ClN2O3. The number of anilines is 2. The van der Waals surface area contributed by atoms with Gasteiger partial charge in [-0.05, 0) is 61.9 Å². The molecule has 1 heterocycles. The standard InChI is InChI=1S/C23H19ClN2O3/c1-3-26-19-12-15(22(27)25-16-10-8-14(2)18(24)13-16)9-11-21(19)29-20-7-5-4-6-17(20)23(26)28/h4-13H,3H2,1-2H3,(H,25,27). The van der Waals surface area contributed by atoms with E-state index in [-0.39, 0.29) is 11.8 Å². The Labute approximate surface area is 173 Å². The van der Waals surface area contributed by atoms with Crippen molar-refractivity contribution in [2.75, 3.05) is 16.8 Å². The Bertz CT molecular complexity index is 1130. The monoisotopic (exact) mass is 406 g/mol. The van der Waals surface area contributed by atoms with Gasteiger partial charge in [0.15, 0.2) is 5.75 Å². The molecule has 0 bridgehead atoms. The lowest BCUT2D eigenvalue weighted by molar-refractivity contribution is 0.0985. The molecule has 1 N–H and O–H groups in total. The van der Waals surface area contributed by atoms with E-state index in [0.717, 1.165) is 5.56 Å². The number of carbonyl (C=O) groups excluding carboxylic acids is 2. The molecule has 0 saturated carbocycles. The van der Waals surface area contributed by atoms with Gasteiger partial charge in [-0.25, -0.2) is 0 Å². The predicted octanol–water partition coefficient (Wildman–Crippen LogP) is 5.67. The molecule has 3 aromatic rings. The van der Waals surface area contributed by atoms with Gasteiger partial charge in [-0.2, -0.15) is 0 Å². The van der Waals surface area contributed by atoms with Crippen LogP contribution in [0, 0.1) is 6.92 Å². The molecule has 0 aromatic heterocycles. The highest BCUT2D eigenvalue weighted by atomic mass is 35.5. The molecule has 146 valence electrons. The van der Waals surface area contributed by atoms with Crippen molar-refractivity contribution in [1.82, 2.24) is 0 Å². The fourth-order valence-electron chi connectivity index (χ4n) is 3.25. The summed E-state index contributed by atoms with van der Waals surface area (Å²) in [4.78, 5) is 27.4. The van der Waals surface area contributed by atoms with Crippen molar-refractivity contribution in [3.63, 3.8) is 0 Å². The van der Waals surface area contributed by atoms with Gasteiger partial charge in [-0.1, -0.05) is 29.8 Å². The number of benzene rings is 3. The smallest absolute Gasteiger partial charge is 0.262 e. The minimum atomic E-state index is -0.294. The summed E-state index contributed by atoms with van der Waals surface area (Å²) >= 11 is 6.14. The fraction of sp³-hybridized carbons (Fsp3) is 0.130. The maximum atomic E-state index is 13.0. The van der Waals surface area contributed by atoms with Crippen LogP contribution >= 0.6 is 11.6 Å². The average Bonchev–Trinajstić information content (AvgIpc) is 2.84. The van der Waals surface area contributed by atoms with Crippen LogP contribution < -0.4 is 15.0 Å². The molecule has 0 radical (unpaired) electrons. The summed E-state index contributed by atoms with van der Waals surface area (Å²) in [5.41, 5.74) is 3.01.